The molecule has 2 aromatic carbocycles. The molecule has 0 radical (unpaired) electrons. The molecule has 2 aromatic rings. The number of rotatable bonds is 7. The summed E-state index contributed by atoms with van der Waals surface area (Å²) in [7, 11) is 1.89. The van der Waals surface area contributed by atoms with Crippen LogP contribution in [0.3, 0.4) is 0 Å². The lowest BCUT2D eigenvalue weighted by Gasteiger charge is -2.30. The highest BCUT2D eigenvalue weighted by Gasteiger charge is 2.23. The molecule has 8 heteroatoms. The van der Waals surface area contributed by atoms with Gasteiger partial charge in [-0.15, -0.1) is 0 Å². The van der Waals surface area contributed by atoms with E-state index in [4.69, 9.17) is 19.7 Å². The molecular formula is C27H35N7O. The number of aryl methyl sites for hydroxylation is 2. The largest absolute Gasteiger partial charge is 0.382 e. The summed E-state index contributed by atoms with van der Waals surface area (Å²) < 4.78 is 5.58. The van der Waals surface area contributed by atoms with Crippen molar-refractivity contribution in [3.8, 4) is 0 Å². The van der Waals surface area contributed by atoms with E-state index in [0.29, 0.717) is 25.6 Å². The van der Waals surface area contributed by atoms with Gasteiger partial charge in [0.15, 0.2) is 11.7 Å². The van der Waals surface area contributed by atoms with Gasteiger partial charge >= 0.3 is 0 Å². The third kappa shape index (κ3) is 6.48. The second kappa shape index (κ2) is 12.2. The van der Waals surface area contributed by atoms with Crippen molar-refractivity contribution in [2.75, 3.05) is 50.5 Å². The summed E-state index contributed by atoms with van der Waals surface area (Å²) in [4.78, 5) is 16.8. The van der Waals surface area contributed by atoms with E-state index in [-0.39, 0.29) is 0 Å². The van der Waals surface area contributed by atoms with Gasteiger partial charge in [0, 0.05) is 31.5 Å². The Morgan fingerprint density at radius 1 is 1.00 bits per heavy atom. The van der Waals surface area contributed by atoms with Gasteiger partial charge in [-0.05, 0) is 48.2 Å². The quantitative estimate of drug-likeness (QED) is 0.420. The van der Waals surface area contributed by atoms with E-state index in [0.717, 1.165) is 54.7 Å². The van der Waals surface area contributed by atoms with Gasteiger partial charge in [0.25, 0.3) is 0 Å². The van der Waals surface area contributed by atoms with Crippen LogP contribution in [0.5, 0.6) is 0 Å². The molecule has 2 aliphatic heterocycles. The van der Waals surface area contributed by atoms with Crippen molar-refractivity contribution < 1.29 is 4.74 Å². The van der Waals surface area contributed by atoms with Gasteiger partial charge in [-0.3, -0.25) is 4.99 Å². The smallest absolute Gasteiger partial charge is 0.176 e. The number of aliphatic imine (C=N–C) groups is 3. The van der Waals surface area contributed by atoms with Crippen LogP contribution >= 0.6 is 0 Å². The highest BCUT2D eigenvalue weighted by molar-refractivity contribution is 6.07. The van der Waals surface area contributed by atoms with Crippen LogP contribution in [-0.2, 0) is 17.6 Å². The Hall–Kier alpha value is -3.65. The lowest BCUT2D eigenvalue weighted by Crippen LogP contribution is -2.38. The first-order valence-electron chi connectivity index (χ1n) is 12.3. The third-order valence-corrected chi connectivity index (χ3v) is 6.00. The number of benzene rings is 2. The van der Waals surface area contributed by atoms with Gasteiger partial charge < -0.3 is 25.6 Å². The number of nitrogens with zero attached hydrogens (tertiary/aromatic N) is 4. The summed E-state index contributed by atoms with van der Waals surface area (Å²) in [6.45, 7) is 7.57. The molecule has 0 spiro atoms. The Labute approximate surface area is 207 Å². The van der Waals surface area contributed by atoms with Gasteiger partial charge in [-0.2, -0.15) is 0 Å². The van der Waals surface area contributed by atoms with E-state index in [1.54, 1.807) is 6.34 Å². The van der Waals surface area contributed by atoms with Crippen LogP contribution < -0.4 is 16.0 Å². The fraction of sp³-hybridized carbons (Fsp3) is 0.370. The van der Waals surface area contributed by atoms with Crippen LogP contribution in [0.4, 0.5) is 11.4 Å². The molecule has 0 unspecified atom stereocenters. The van der Waals surface area contributed by atoms with E-state index >= 15 is 0 Å². The molecule has 0 saturated carbocycles. The van der Waals surface area contributed by atoms with Crippen LogP contribution in [0.1, 0.15) is 25.0 Å². The van der Waals surface area contributed by atoms with Crippen molar-refractivity contribution in [3.05, 3.63) is 71.2 Å². The normalized spacial score (nSPS) is 16.6. The molecule has 35 heavy (non-hydrogen) atoms. The van der Waals surface area contributed by atoms with E-state index in [9.17, 15) is 0 Å². The molecule has 8 nitrogen and oxygen atoms in total. The average molecular weight is 474 g/mol. The monoisotopic (exact) mass is 473 g/mol. The van der Waals surface area contributed by atoms with Crippen molar-refractivity contribution in [3.63, 3.8) is 0 Å². The summed E-state index contributed by atoms with van der Waals surface area (Å²) >= 11 is 0. The van der Waals surface area contributed by atoms with Crippen molar-refractivity contribution in [2.45, 2.75) is 26.7 Å². The van der Waals surface area contributed by atoms with Crippen LogP contribution in [0.25, 0.3) is 0 Å². The van der Waals surface area contributed by atoms with E-state index in [1.807, 2.05) is 19.2 Å². The van der Waals surface area contributed by atoms with E-state index < -0.39 is 0 Å². The molecule has 4 rings (SSSR count). The lowest BCUT2D eigenvalue weighted by atomic mass is 10.1. The molecule has 3 N–H and O–H groups in total. The Morgan fingerprint density at radius 3 is 2.37 bits per heavy atom. The van der Waals surface area contributed by atoms with Crippen LogP contribution in [0, 0.1) is 0 Å². The van der Waals surface area contributed by atoms with Crippen molar-refractivity contribution in [2.24, 2.45) is 15.0 Å². The van der Waals surface area contributed by atoms with Gasteiger partial charge in [-0.25, -0.2) is 9.98 Å². The Kier molecular flexibility index (Phi) is 8.51. The summed E-state index contributed by atoms with van der Waals surface area (Å²) in [6.07, 6.45) is 3.67. The summed E-state index contributed by atoms with van der Waals surface area (Å²) in [5.41, 5.74) is 5.36. The molecular weight excluding hydrogens is 438 g/mol. The second-order valence-corrected chi connectivity index (χ2v) is 8.38. The number of morpholine rings is 1. The van der Waals surface area contributed by atoms with E-state index in [2.05, 4.69) is 71.1 Å². The number of anilines is 2. The maximum absolute atomic E-state index is 5.58. The van der Waals surface area contributed by atoms with Crippen molar-refractivity contribution in [1.82, 2.24) is 10.2 Å². The lowest BCUT2D eigenvalue weighted by molar-refractivity contribution is 0.0527. The Morgan fingerprint density at radius 2 is 1.69 bits per heavy atom. The molecule has 0 aromatic heterocycles. The molecule has 1 fully saturated rings. The fourth-order valence-corrected chi connectivity index (χ4v) is 4.03. The first kappa shape index (κ1) is 24.5. The maximum Gasteiger partial charge on any atom is 0.176 e. The zero-order valence-electron chi connectivity index (χ0n) is 20.8. The Balaban J connectivity index is 1.62. The molecule has 2 heterocycles. The molecule has 1 saturated heterocycles. The number of amidine groups is 2. The predicted octanol–water partition coefficient (Wildman–Crippen LogP) is 3.90. The van der Waals surface area contributed by atoms with E-state index in [1.165, 1.54) is 11.1 Å². The number of likely N-dealkylation sites (N-methyl/N-ethyl adjacent to an activating group) is 1. The van der Waals surface area contributed by atoms with Gasteiger partial charge in [-0.1, -0.05) is 38.1 Å². The average Bonchev–Trinajstić information content (AvgIpc) is 3.08. The van der Waals surface area contributed by atoms with Crippen LogP contribution in [0.15, 0.2) is 75.0 Å². The fourth-order valence-electron chi connectivity index (χ4n) is 4.03. The second-order valence-electron chi connectivity index (χ2n) is 8.38. The minimum atomic E-state index is 0.396. The highest BCUT2D eigenvalue weighted by Crippen LogP contribution is 2.19. The zero-order valence-corrected chi connectivity index (χ0v) is 20.8. The Bertz CT molecular complexity index is 1130. The van der Waals surface area contributed by atoms with Gasteiger partial charge in [0.05, 0.1) is 26.1 Å². The first-order chi connectivity index (χ1) is 17.2. The predicted molar refractivity (Wildman–Crippen MR) is 146 cm³/mol. The summed E-state index contributed by atoms with van der Waals surface area (Å²) in [5.74, 6) is 2.21. The number of hydrogen-bond acceptors (Lipinski definition) is 7. The third-order valence-electron chi connectivity index (χ3n) is 6.00. The van der Waals surface area contributed by atoms with Gasteiger partial charge in [0.1, 0.15) is 11.5 Å². The molecule has 0 aliphatic carbocycles. The number of nitrogens with one attached hydrogen (secondary N) is 3. The zero-order chi connectivity index (χ0) is 24.5. The van der Waals surface area contributed by atoms with Crippen LogP contribution in [0.2, 0.25) is 0 Å². The molecule has 2 aliphatic rings. The summed E-state index contributed by atoms with van der Waals surface area (Å²) in [5, 5.41) is 10.1. The minimum Gasteiger partial charge on any atom is -0.382 e. The SMILES string of the molecule is CCc1cccc(NC=NC2=NCC(Nc3cccc(CC)c3)=NC(N3CCOCC3)=C2NC)c1. The van der Waals surface area contributed by atoms with Gasteiger partial charge in [0.2, 0.25) is 0 Å². The standard InChI is InChI=1S/C27H35N7O/c1-4-20-8-6-10-22(16-20)30-19-31-26-25(28-3)27(34-12-14-35-15-13-34)33-24(18-29-26)32-23-11-7-9-21(5-2)17-23/h6-11,16-17,19,28H,4-5,12-15,18H2,1-3H3,(H,32,33)(H,29,30,31). The van der Waals surface area contributed by atoms with Crippen molar-refractivity contribution in [1.29, 1.82) is 0 Å². The molecule has 0 amide bonds. The topological polar surface area (TPSA) is 85.6 Å². The van der Waals surface area contributed by atoms with Crippen molar-refractivity contribution >= 4 is 29.4 Å². The number of hydrogen-bond donors (Lipinski definition) is 3. The highest BCUT2D eigenvalue weighted by atomic mass is 16.5. The van der Waals surface area contributed by atoms with Crippen LogP contribution in [-0.4, -0.2) is 62.8 Å². The molecule has 0 bridgehead atoms. The molecule has 0 atom stereocenters. The molecule has 184 valence electrons. The number of ether oxygens (including phenoxy) is 1. The first-order valence-corrected chi connectivity index (χ1v) is 12.3. The summed E-state index contributed by atoms with van der Waals surface area (Å²) in [6, 6.07) is 16.7. The minimum absolute atomic E-state index is 0.396. The maximum atomic E-state index is 5.58.